The van der Waals surface area contributed by atoms with Gasteiger partial charge in [-0.3, -0.25) is 0 Å². The number of halogens is 2. The van der Waals surface area contributed by atoms with Crippen LogP contribution in [0.5, 0.6) is 0 Å². The molecule has 2 rings (SSSR count). The van der Waals surface area contributed by atoms with E-state index < -0.39 is 21.9 Å². The molecule has 0 radical (unpaired) electrons. The van der Waals surface area contributed by atoms with Crippen molar-refractivity contribution in [3.8, 4) is 0 Å². The van der Waals surface area contributed by atoms with E-state index in [1.54, 1.807) is 11.6 Å². The Labute approximate surface area is 133 Å². The molecule has 1 aromatic heterocycles. The molecule has 0 amide bonds. The minimum absolute atomic E-state index is 0.164. The highest BCUT2D eigenvalue weighted by molar-refractivity contribution is 7.89. The second-order valence-electron chi connectivity index (χ2n) is 4.81. The van der Waals surface area contributed by atoms with Crippen LogP contribution < -0.4 is 4.72 Å². The van der Waals surface area contributed by atoms with Crippen LogP contribution in [0.15, 0.2) is 23.4 Å². The van der Waals surface area contributed by atoms with Crippen LogP contribution in [0.3, 0.4) is 0 Å². The van der Waals surface area contributed by atoms with Crippen LogP contribution >= 0.6 is 11.6 Å². The van der Waals surface area contributed by atoms with Crippen molar-refractivity contribution >= 4 is 21.6 Å². The van der Waals surface area contributed by atoms with Gasteiger partial charge in [0.1, 0.15) is 22.9 Å². The van der Waals surface area contributed by atoms with Gasteiger partial charge in [0.25, 0.3) is 0 Å². The lowest BCUT2D eigenvalue weighted by atomic mass is 10.2. The fourth-order valence-electron chi connectivity index (χ4n) is 2.04. The van der Waals surface area contributed by atoms with Gasteiger partial charge in [-0.2, -0.15) is 5.10 Å². The molecule has 1 unspecified atom stereocenters. The van der Waals surface area contributed by atoms with E-state index in [-0.39, 0.29) is 15.5 Å². The zero-order valence-electron chi connectivity index (χ0n) is 12.3. The van der Waals surface area contributed by atoms with Crippen LogP contribution in [0.4, 0.5) is 4.39 Å². The Bertz CT molecular complexity index is 791. The van der Waals surface area contributed by atoms with Gasteiger partial charge in [0.05, 0.1) is 11.1 Å². The Kier molecular flexibility index (Phi) is 4.84. The normalized spacial score (nSPS) is 13.3. The summed E-state index contributed by atoms with van der Waals surface area (Å²) in [6.45, 7) is 5.57. The van der Waals surface area contributed by atoms with Crippen molar-refractivity contribution in [2.75, 3.05) is 0 Å². The fourth-order valence-corrected chi connectivity index (χ4v) is 3.84. The third-order valence-corrected chi connectivity index (χ3v) is 5.17. The number of rotatable bonds is 5. The average Bonchev–Trinajstić information content (AvgIpc) is 2.90. The van der Waals surface area contributed by atoms with E-state index in [0.717, 1.165) is 6.07 Å². The quantitative estimate of drug-likeness (QED) is 0.902. The van der Waals surface area contributed by atoms with E-state index in [1.165, 1.54) is 19.3 Å². The number of benzene rings is 1. The highest BCUT2D eigenvalue weighted by Gasteiger charge is 2.24. The molecule has 0 saturated carbocycles. The third-order valence-electron chi connectivity index (χ3n) is 3.17. The second-order valence-corrected chi connectivity index (χ2v) is 6.90. The van der Waals surface area contributed by atoms with Gasteiger partial charge in [-0.05, 0) is 38.5 Å². The SMILES string of the molecule is CCn1ncnc1C(C)NS(=O)(=O)c1cc(C)c(F)cc1Cl. The van der Waals surface area contributed by atoms with Gasteiger partial charge in [-0.1, -0.05) is 11.6 Å². The molecule has 0 spiro atoms. The number of hydrogen-bond donors (Lipinski definition) is 1. The molecule has 9 heteroatoms. The van der Waals surface area contributed by atoms with Crippen molar-refractivity contribution in [3.05, 3.63) is 40.7 Å². The summed E-state index contributed by atoms with van der Waals surface area (Å²) in [5, 5.41) is 3.83. The van der Waals surface area contributed by atoms with Crippen molar-refractivity contribution < 1.29 is 12.8 Å². The Morgan fingerprint density at radius 1 is 1.45 bits per heavy atom. The summed E-state index contributed by atoms with van der Waals surface area (Å²) in [6.07, 6.45) is 1.36. The van der Waals surface area contributed by atoms with Crippen molar-refractivity contribution in [1.29, 1.82) is 0 Å². The lowest BCUT2D eigenvalue weighted by Crippen LogP contribution is -2.29. The van der Waals surface area contributed by atoms with Crippen molar-refractivity contribution in [3.63, 3.8) is 0 Å². The first-order valence-corrected chi connectivity index (χ1v) is 8.48. The maximum absolute atomic E-state index is 13.4. The molecule has 1 aromatic carbocycles. The van der Waals surface area contributed by atoms with Gasteiger partial charge in [-0.15, -0.1) is 0 Å². The Morgan fingerprint density at radius 3 is 2.77 bits per heavy atom. The molecule has 0 aliphatic rings. The van der Waals surface area contributed by atoms with Crippen molar-refractivity contribution in [2.24, 2.45) is 0 Å². The van der Waals surface area contributed by atoms with Crippen LogP contribution in [0.1, 0.15) is 31.3 Å². The molecule has 0 aliphatic carbocycles. The number of nitrogens with zero attached hydrogens (tertiary/aromatic N) is 3. The van der Waals surface area contributed by atoms with E-state index in [2.05, 4.69) is 14.8 Å². The summed E-state index contributed by atoms with van der Waals surface area (Å²) < 4.78 is 42.4. The molecule has 1 atom stereocenters. The lowest BCUT2D eigenvalue weighted by Gasteiger charge is -2.15. The minimum atomic E-state index is -3.91. The molecule has 22 heavy (non-hydrogen) atoms. The van der Waals surface area contributed by atoms with Gasteiger partial charge in [0, 0.05) is 6.54 Å². The predicted octanol–water partition coefficient (Wildman–Crippen LogP) is 2.44. The van der Waals surface area contributed by atoms with Crippen LogP contribution in [0.2, 0.25) is 5.02 Å². The maximum Gasteiger partial charge on any atom is 0.242 e. The molecule has 0 fully saturated rings. The topological polar surface area (TPSA) is 76.9 Å². The summed E-state index contributed by atoms with van der Waals surface area (Å²) in [4.78, 5) is 3.89. The van der Waals surface area contributed by atoms with Crippen LogP contribution in [0.25, 0.3) is 0 Å². The number of nitrogens with one attached hydrogen (secondary N) is 1. The summed E-state index contributed by atoms with van der Waals surface area (Å²) >= 11 is 5.86. The molecule has 1 heterocycles. The van der Waals surface area contributed by atoms with Gasteiger partial charge in [0.15, 0.2) is 0 Å². The van der Waals surface area contributed by atoms with Crippen LogP contribution in [-0.2, 0) is 16.6 Å². The summed E-state index contributed by atoms with van der Waals surface area (Å²) in [5.41, 5.74) is 0.203. The van der Waals surface area contributed by atoms with Gasteiger partial charge >= 0.3 is 0 Å². The number of aromatic nitrogens is 3. The fraction of sp³-hybridized carbons (Fsp3) is 0.385. The highest BCUT2D eigenvalue weighted by atomic mass is 35.5. The first kappa shape index (κ1) is 16.9. The Hall–Kier alpha value is -1.51. The van der Waals surface area contributed by atoms with E-state index in [0.29, 0.717) is 12.4 Å². The standard InChI is InChI=1S/C13H16ClFN4O2S/c1-4-19-13(16-7-17-19)9(3)18-22(20,21)12-5-8(2)11(15)6-10(12)14/h5-7,9,18H,4H2,1-3H3. The molecule has 2 aromatic rings. The number of aryl methyl sites for hydroxylation is 2. The largest absolute Gasteiger partial charge is 0.249 e. The van der Waals surface area contributed by atoms with Gasteiger partial charge in [0.2, 0.25) is 10.0 Å². The van der Waals surface area contributed by atoms with Crippen molar-refractivity contribution in [2.45, 2.75) is 38.3 Å². The summed E-state index contributed by atoms with van der Waals surface area (Å²) in [6, 6.07) is 1.59. The highest BCUT2D eigenvalue weighted by Crippen LogP contribution is 2.26. The third kappa shape index (κ3) is 3.29. The Morgan fingerprint density at radius 2 is 2.14 bits per heavy atom. The zero-order chi connectivity index (χ0) is 16.5. The molecule has 0 aliphatic heterocycles. The van der Waals surface area contributed by atoms with Crippen molar-refractivity contribution in [1.82, 2.24) is 19.5 Å². The van der Waals surface area contributed by atoms with E-state index >= 15 is 0 Å². The molecule has 1 N–H and O–H groups in total. The monoisotopic (exact) mass is 346 g/mol. The van der Waals surface area contributed by atoms with E-state index in [4.69, 9.17) is 11.6 Å². The van der Waals surface area contributed by atoms with E-state index in [1.807, 2.05) is 6.92 Å². The Balaban J connectivity index is 2.34. The number of hydrogen-bond acceptors (Lipinski definition) is 4. The molecular weight excluding hydrogens is 331 g/mol. The maximum atomic E-state index is 13.4. The number of sulfonamides is 1. The lowest BCUT2D eigenvalue weighted by molar-refractivity contribution is 0.531. The second kappa shape index (κ2) is 6.31. The molecule has 0 bridgehead atoms. The minimum Gasteiger partial charge on any atom is -0.249 e. The average molecular weight is 347 g/mol. The summed E-state index contributed by atoms with van der Waals surface area (Å²) in [5.74, 6) is -0.0660. The molecule has 6 nitrogen and oxygen atoms in total. The predicted molar refractivity (Wildman–Crippen MR) is 80.6 cm³/mol. The molecule has 0 saturated heterocycles. The van der Waals surface area contributed by atoms with Crippen LogP contribution in [-0.4, -0.2) is 23.2 Å². The van der Waals surface area contributed by atoms with Crippen LogP contribution in [0, 0.1) is 12.7 Å². The first-order valence-electron chi connectivity index (χ1n) is 6.62. The molecule has 120 valence electrons. The smallest absolute Gasteiger partial charge is 0.242 e. The van der Waals surface area contributed by atoms with E-state index in [9.17, 15) is 12.8 Å². The van der Waals surface area contributed by atoms with Gasteiger partial charge < -0.3 is 0 Å². The molecular formula is C13H16ClFN4O2S. The van der Waals surface area contributed by atoms with Gasteiger partial charge in [-0.25, -0.2) is 27.2 Å². The zero-order valence-corrected chi connectivity index (χ0v) is 13.9. The summed E-state index contributed by atoms with van der Waals surface area (Å²) in [7, 11) is -3.91. The first-order chi connectivity index (χ1) is 10.3.